The first-order valence-electron chi connectivity index (χ1n) is 5.22. The van der Waals surface area contributed by atoms with Gasteiger partial charge in [-0.15, -0.1) is 7.92 Å². The Hall–Kier alpha value is 0.430. The first-order chi connectivity index (χ1) is 5.54. The highest BCUT2D eigenvalue weighted by molar-refractivity contribution is 7.57. The van der Waals surface area contributed by atoms with Gasteiger partial charge in [-0.25, -0.2) is 0 Å². The van der Waals surface area contributed by atoms with E-state index in [1.54, 1.807) is 0 Å². The lowest BCUT2D eigenvalue weighted by Gasteiger charge is -2.33. The average Bonchev–Trinajstić information content (AvgIpc) is 2.15. The summed E-state index contributed by atoms with van der Waals surface area (Å²) >= 11 is 0. The van der Waals surface area contributed by atoms with Gasteiger partial charge in [0.1, 0.15) is 0 Å². The van der Waals surface area contributed by atoms with Crippen LogP contribution in [0.5, 0.6) is 0 Å². The summed E-state index contributed by atoms with van der Waals surface area (Å²) in [7, 11) is 0.263. The average molecular weight is 186 g/mol. The third-order valence-electron chi connectivity index (χ3n) is 3.67. The maximum absolute atomic E-state index is 2.51. The quantitative estimate of drug-likeness (QED) is 0.427. The maximum Gasteiger partial charge on any atom is -0.0128 e. The van der Waals surface area contributed by atoms with Crippen LogP contribution in [-0.2, 0) is 0 Å². The zero-order chi connectivity index (χ0) is 9.19. The molecule has 0 saturated heterocycles. The van der Waals surface area contributed by atoms with Crippen LogP contribution in [0.15, 0.2) is 0 Å². The van der Waals surface area contributed by atoms with Gasteiger partial charge >= 0.3 is 0 Å². The lowest BCUT2D eigenvalue weighted by molar-refractivity contribution is 0.492. The lowest BCUT2D eigenvalue weighted by Crippen LogP contribution is -2.20. The van der Waals surface area contributed by atoms with Crippen LogP contribution in [0.1, 0.15) is 46.0 Å². The van der Waals surface area contributed by atoms with Crippen LogP contribution in [0.4, 0.5) is 0 Å². The summed E-state index contributed by atoms with van der Waals surface area (Å²) in [4.78, 5) is 0. The maximum atomic E-state index is 2.51. The van der Waals surface area contributed by atoms with E-state index in [0.29, 0.717) is 5.16 Å². The Kier molecular flexibility index (Phi) is 3.58. The molecule has 0 aromatic carbocycles. The summed E-state index contributed by atoms with van der Waals surface area (Å²) < 4.78 is 0. The second-order valence-corrected chi connectivity index (χ2v) is 7.80. The zero-order valence-electron chi connectivity index (χ0n) is 9.06. The molecule has 2 atom stereocenters. The van der Waals surface area contributed by atoms with Gasteiger partial charge in [0.25, 0.3) is 0 Å². The second kappa shape index (κ2) is 4.09. The van der Waals surface area contributed by atoms with Crippen LogP contribution in [0, 0.1) is 5.92 Å². The van der Waals surface area contributed by atoms with Gasteiger partial charge in [0.05, 0.1) is 0 Å². The molecule has 0 nitrogen and oxygen atoms in total. The van der Waals surface area contributed by atoms with Crippen molar-refractivity contribution in [3.63, 3.8) is 0 Å². The first-order valence-corrected chi connectivity index (χ1v) is 7.46. The third-order valence-corrected chi connectivity index (χ3v) is 6.27. The number of rotatable bonds is 1. The molecule has 1 aliphatic carbocycles. The van der Waals surface area contributed by atoms with Crippen LogP contribution >= 0.6 is 7.92 Å². The Labute approximate surface area is 78.9 Å². The topological polar surface area (TPSA) is 0 Å². The highest BCUT2D eigenvalue weighted by atomic mass is 31.1. The predicted molar refractivity (Wildman–Crippen MR) is 59.4 cm³/mol. The normalized spacial score (nSPS) is 38.2. The summed E-state index contributed by atoms with van der Waals surface area (Å²) in [5, 5.41) is 0.708. The lowest BCUT2D eigenvalue weighted by atomic mass is 10.0. The van der Waals surface area contributed by atoms with Gasteiger partial charge in [-0.05, 0) is 43.7 Å². The van der Waals surface area contributed by atoms with E-state index in [0.717, 1.165) is 5.92 Å². The van der Waals surface area contributed by atoms with Crippen molar-refractivity contribution in [2.75, 3.05) is 13.3 Å². The van der Waals surface area contributed by atoms with Crippen molar-refractivity contribution in [3.05, 3.63) is 0 Å². The van der Waals surface area contributed by atoms with Gasteiger partial charge in [0.15, 0.2) is 0 Å². The molecule has 1 saturated carbocycles. The summed E-state index contributed by atoms with van der Waals surface area (Å²) in [5.74, 6) is 0.988. The Bertz CT molecular complexity index is 142. The van der Waals surface area contributed by atoms with Gasteiger partial charge in [0, 0.05) is 0 Å². The highest BCUT2D eigenvalue weighted by Crippen LogP contribution is 2.51. The van der Waals surface area contributed by atoms with Crippen molar-refractivity contribution in [2.24, 2.45) is 5.92 Å². The fourth-order valence-electron chi connectivity index (χ4n) is 2.11. The molecule has 0 amide bonds. The van der Waals surface area contributed by atoms with Crippen molar-refractivity contribution in [3.8, 4) is 0 Å². The van der Waals surface area contributed by atoms with E-state index in [2.05, 4.69) is 27.2 Å². The monoisotopic (exact) mass is 186 g/mol. The number of hydrogen-bond acceptors (Lipinski definition) is 0. The van der Waals surface area contributed by atoms with Crippen molar-refractivity contribution in [1.82, 2.24) is 0 Å². The summed E-state index contributed by atoms with van der Waals surface area (Å²) in [6.45, 7) is 9.83. The minimum atomic E-state index is 0.263. The highest BCUT2D eigenvalue weighted by Gasteiger charge is 2.29. The fraction of sp³-hybridized carbons (Fsp3) is 1.00. The standard InChI is InChI=1S/C11H23P/c1-10-6-5-8-11(2,9-7-10)12(3)4/h10H,5-9H2,1-4H3. The van der Waals surface area contributed by atoms with E-state index in [1.807, 2.05) is 0 Å². The molecule has 0 heterocycles. The Morgan fingerprint density at radius 2 is 1.83 bits per heavy atom. The van der Waals surface area contributed by atoms with E-state index in [1.165, 1.54) is 32.1 Å². The Balaban J connectivity index is 2.55. The first kappa shape index (κ1) is 10.5. The van der Waals surface area contributed by atoms with Crippen molar-refractivity contribution in [2.45, 2.75) is 51.1 Å². The predicted octanol–water partition coefficient (Wildman–Crippen LogP) is 4.09. The second-order valence-electron chi connectivity index (χ2n) is 4.93. The van der Waals surface area contributed by atoms with Gasteiger partial charge in [-0.3, -0.25) is 0 Å². The Morgan fingerprint density at radius 1 is 1.17 bits per heavy atom. The molecule has 1 fully saturated rings. The van der Waals surface area contributed by atoms with Crippen LogP contribution in [0.3, 0.4) is 0 Å². The number of hydrogen-bond donors (Lipinski definition) is 0. The summed E-state index contributed by atoms with van der Waals surface area (Å²) in [6.07, 6.45) is 7.37. The van der Waals surface area contributed by atoms with E-state index >= 15 is 0 Å². The van der Waals surface area contributed by atoms with Crippen molar-refractivity contribution < 1.29 is 0 Å². The molecule has 2 unspecified atom stereocenters. The van der Waals surface area contributed by atoms with E-state index in [-0.39, 0.29) is 7.92 Å². The molecule has 0 radical (unpaired) electrons. The van der Waals surface area contributed by atoms with Crippen LogP contribution < -0.4 is 0 Å². The third kappa shape index (κ3) is 2.46. The smallest absolute Gasteiger partial charge is 0.0128 e. The molecule has 1 aliphatic rings. The SMILES string of the molecule is CC1CCCC(C)(P(C)C)CC1. The molecule has 1 heteroatoms. The molecule has 0 N–H and O–H groups in total. The van der Waals surface area contributed by atoms with Crippen LogP contribution in [0.2, 0.25) is 0 Å². The molecule has 0 aromatic heterocycles. The molecule has 0 bridgehead atoms. The van der Waals surface area contributed by atoms with E-state index < -0.39 is 0 Å². The molecular formula is C11H23P. The van der Waals surface area contributed by atoms with Gasteiger partial charge in [0.2, 0.25) is 0 Å². The molecule has 0 spiro atoms. The zero-order valence-corrected chi connectivity index (χ0v) is 9.95. The molecule has 0 aliphatic heterocycles. The van der Waals surface area contributed by atoms with Crippen molar-refractivity contribution in [1.29, 1.82) is 0 Å². The van der Waals surface area contributed by atoms with Crippen molar-refractivity contribution >= 4 is 7.92 Å². The fourth-order valence-corrected chi connectivity index (χ4v) is 3.29. The van der Waals surface area contributed by atoms with Gasteiger partial charge < -0.3 is 0 Å². The Morgan fingerprint density at radius 3 is 2.42 bits per heavy atom. The minimum absolute atomic E-state index is 0.263. The summed E-state index contributed by atoms with van der Waals surface area (Å²) in [6, 6.07) is 0. The summed E-state index contributed by atoms with van der Waals surface area (Å²) in [5.41, 5.74) is 0. The van der Waals surface area contributed by atoms with Gasteiger partial charge in [-0.1, -0.05) is 26.7 Å². The van der Waals surface area contributed by atoms with Crippen LogP contribution in [-0.4, -0.2) is 18.5 Å². The molecule has 12 heavy (non-hydrogen) atoms. The van der Waals surface area contributed by atoms with E-state index in [9.17, 15) is 0 Å². The van der Waals surface area contributed by atoms with Gasteiger partial charge in [-0.2, -0.15) is 0 Å². The molecule has 1 rings (SSSR count). The largest absolute Gasteiger partial charge is 0.107 e. The minimum Gasteiger partial charge on any atom is -0.107 e. The molecule has 0 aromatic rings. The molecule has 72 valence electrons. The molecular weight excluding hydrogens is 163 g/mol. The van der Waals surface area contributed by atoms with Crippen LogP contribution in [0.25, 0.3) is 0 Å². The van der Waals surface area contributed by atoms with E-state index in [4.69, 9.17) is 0 Å².